The van der Waals surface area contributed by atoms with Crippen LogP contribution in [0.5, 0.6) is 5.75 Å². The first-order valence-corrected chi connectivity index (χ1v) is 11.7. The molecule has 0 radical (unpaired) electrons. The van der Waals surface area contributed by atoms with Crippen LogP contribution >= 0.6 is 23.2 Å². The van der Waals surface area contributed by atoms with Gasteiger partial charge in [0.15, 0.2) is 0 Å². The molecule has 0 spiro atoms. The van der Waals surface area contributed by atoms with E-state index in [1.165, 1.54) is 54.7 Å². The number of hydrazone groups is 1. The Morgan fingerprint density at radius 1 is 1.09 bits per heavy atom. The van der Waals surface area contributed by atoms with Gasteiger partial charge in [-0.05, 0) is 54.1 Å². The first-order chi connectivity index (χ1) is 15.7. The molecule has 0 heterocycles. The number of hydrogen-bond acceptors (Lipinski definition) is 5. The van der Waals surface area contributed by atoms with Crippen molar-refractivity contribution in [1.82, 2.24) is 9.73 Å². The molecule has 0 fully saturated rings. The predicted molar refractivity (Wildman–Crippen MR) is 124 cm³/mol. The maximum atomic E-state index is 14.3. The van der Waals surface area contributed by atoms with E-state index < -0.39 is 34.8 Å². The average molecular weight is 510 g/mol. The van der Waals surface area contributed by atoms with Crippen LogP contribution in [0.3, 0.4) is 0 Å². The molecule has 33 heavy (non-hydrogen) atoms. The van der Waals surface area contributed by atoms with Gasteiger partial charge in [-0.1, -0.05) is 41.4 Å². The molecule has 0 aliphatic heterocycles. The van der Waals surface area contributed by atoms with Crippen molar-refractivity contribution >= 4 is 45.3 Å². The molecule has 172 valence electrons. The fraction of sp³-hybridized carbons (Fsp3) is 0.0909. The van der Waals surface area contributed by atoms with Crippen molar-refractivity contribution in [2.75, 3.05) is 6.54 Å². The van der Waals surface area contributed by atoms with E-state index >= 15 is 0 Å². The molecule has 0 atom stereocenters. The normalized spacial score (nSPS) is 11.8. The second-order valence-corrected chi connectivity index (χ2v) is 9.60. The maximum Gasteiger partial charge on any atom is 0.255 e. The van der Waals surface area contributed by atoms with Crippen LogP contribution in [0.4, 0.5) is 4.39 Å². The topological polar surface area (TPSA) is 99.1 Å². The third-order valence-electron chi connectivity index (χ3n) is 4.44. The zero-order valence-electron chi connectivity index (χ0n) is 17.0. The number of nitrogens with one attached hydrogen (secondary N) is 1. The largest absolute Gasteiger partial charge is 0.508 e. The Labute approximate surface area is 200 Å². The second-order valence-electron chi connectivity index (χ2n) is 6.82. The highest BCUT2D eigenvalue weighted by Gasteiger charge is 2.28. The summed E-state index contributed by atoms with van der Waals surface area (Å²) in [5.74, 6) is -1.45. The van der Waals surface area contributed by atoms with Gasteiger partial charge >= 0.3 is 0 Å². The van der Waals surface area contributed by atoms with Gasteiger partial charge in [-0.25, -0.2) is 18.2 Å². The van der Waals surface area contributed by atoms with E-state index in [4.69, 9.17) is 23.2 Å². The zero-order valence-corrected chi connectivity index (χ0v) is 19.3. The monoisotopic (exact) mass is 509 g/mol. The number of aromatic hydroxyl groups is 1. The molecule has 0 unspecified atom stereocenters. The highest BCUT2D eigenvalue weighted by molar-refractivity contribution is 7.89. The van der Waals surface area contributed by atoms with Crippen molar-refractivity contribution in [3.63, 3.8) is 0 Å². The summed E-state index contributed by atoms with van der Waals surface area (Å²) >= 11 is 11.9. The molecule has 3 aromatic rings. The van der Waals surface area contributed by atoms with Crippen LogP contribution in [0, 0.1) is 5.82 Å². The Bertz CT molecular complexity index is 1260. The van der Waals surface area contributed by atoms with E-state index in [2.05, 4.69) is 10.5 Å². The fourth-order valence-corrected chi connectivity index (χ4v) is 4.53. The number of phenolic OH excluding ortho intramolecular Hbond substituents is 1. The lowest BCUT2D eigenvalue weighted by molar-refractivity contribution is -0.121. The van der Waals surface area contributed by atoms with Gasteiger partial charge in [-0.15, -0.1) is 0 Å². The summed E-state index contributed by atoms with van der Waals surface area (Å²) in [6.07, 6.45) is 1.28. The van der Waals surface area contributed by atoms with Crippen LogP contribution in [0.1, 0.15) is 11.1 Å². The Morgan fingerprint density at radius 2 is 1.79 bits per heavy atom. The smallest absolute Gasteiger partial charge is 0.255 e. The Balaban J connectivity index is 1.84. The third kappa shape index (κ3) is 6.52. The Morgan fingerprint density at radius 3 is 2.45 bits per heavy atom. The molecule has 0 bridgehead atoms. The van der Waals surface area contributed by atoms with Gasteiger partial charge in [0.05, 0.1) is 17.7 Å². The van der Waals surface area contributed by atoms with Crippen molar-refractivity contribution in [3.8, 4) is 5.75 Å². The lowest BCUT2D eigenvalue weighted by Crippen LogP contribution is -2.39. The van der Waals surface area contributed by atoms with Gasteiger partial charge < -0.3 is 5.11 Å². The molecule has 0 aromatic heterocycles. The molecule has 3 rings (SSSR count). The van der Waals surface area contributed by atoms with Crippen molar-refractivity contribution in [2.24, 2.45) is 5.10 Å². The van der Waals surface area contributed by atoms with Crippen molar-refractivity contribution in [3.05, 3.63) is 93.7 Å². The number of nitrogens with zero attached hydrogens (tertiary/aromatic N) is 2. The Hall–Kier alpha value is -2.98. The number of phenols is 1. The van der Waals surface area contributed by atoms with E-state index in [-0.39, 0.29) is 21.2 Å². The van der Waals surface area contributed by atoms with Gasteiger partial charge in [0, 0.05) is 22.2 Å². The third-order valence-corrected chi connectivity index (χ3v) is 6.85. The van der Waals surface area contributed by atoms with Crippen LogP contribution in [-0.2, 0) is 21.4 Å². The quantitative estimate of drug-likeness (QED) is 0.351. The number of rotatable bonds is 8. The summed E-state index contributed by atoms with van der Waals surface area (Å²) in [6, 6.07) is 15.4. The summed E-state index contributed by atoms with van der Waals surface area (Å²) in [6.45, 7) is -1.15. The first kappa shape index (κ1) is 24.7. The van der Waals surface area contributed by atoms with Crippen LogP contribution in [0.2, 0.25) is 10.0 Å². The molecule has 7 nitrogen and oxygen atoms in total. The molecule has 2 N–H and O–H groups in total. The molecular weight excluding hydrogens is 492 g/mol. The lowest BCUT2D eigenvalue weighted by atomic mass is 10.2. The number of amides is 1. The minimum Gasteiger partial charge on any atom is -0.508 e. The van der Waals surface area contributed by atoms with Crippen LogP contribution in [-0.4, -0.2) is 36.5 Å². The van der Waals surface area contributed by atoms with Crippen LogP contribution in [0.15, 0.2) is 76.7 Å². The van der Waals surface area contributed by atoms with Crippen LogP contribution < -0.4 is 5.43 Å². The molecule has 0 saturated heterocycles. The Kier molecular flexibility index (Phi) is 8.04. The van der Waals surface area contributed by atoms with Gasteiger partial charge in [-0.3, -0.25) is 4.79 Å². The molecule has 3 aromatic carbocycles. The van der Waals surface area contributed by atoms with E-state index in [9.17, 15) is 22.7 Å². The van der Waals surface area contributed by atoms with Crippen molar-refractivity contribution < 1.29 is 22.7 Å². The number of benzene rings is 3. The van der Waals surface area contributed by atoms with Gasteiger partial charge in [0.1, 0.15) is 11.6 Å². The molecule has 1 amide bonds. The van der Waals surface area contributed by atoms with Gasteiger partial charge in [0.25, 0.3) is 5.91 Å². The van der Waals surface area contributed by atoms with E-state index in [1.807, 2.05) is 0 Å². The number of halogens is 3. The van der Waals surface area contributed by atoms with Gasteiger partial charge in [0.2, 0.25) is 10.0 Å². The number of sulfonamides is 1. The molecular formula is C22H18Cl2FN3O4S. The predicted octanol–water partition coefficient (Wildman–Crippen LogP) is 4.18. The molecule has 0 aliphatic rings. The molecule has 11 heteroatoms. The second kappa shape index (κ2) is 10.8. The minimum absolute atomic E-state index is 0.0206. The minimum atomic E-state index is -4.22. The van der Waals surface area contributed by atoms with Crippen LogP contribution in [0.25, 0.3) is 0 Å². The number of carbonyl (C=O) groups excluding carboxylic acids is 1. The summed E-state index contributed by atoms with van der Waals surface area (Å²) < 4.78 is 41.6. The maximum absolute atomic E-state index is 14.3. The summed E-state index contributed by atoms with van der Waals surface area (Å²) in [7, 11) is -4.22. The number of hydrogen-bond donors (Lipinski definition) is 2. The zero-order chi connectivity index (χ0) is 24.0. The summed E-state index contributed by atoms with van der Waals surface area (Å²) in [4.78, 5) is 12.3. The summed E-state index contributed by atoms with van der Waals surface area (Å²) in [5.41, 5.74) is 2.66. The lowest BCUT2D eigenvalue weighted by Gasteiger charge is -2.22. The van der Waals surface area contributed by atoms with Gasteiger partial charge in [-0.2, -0.15) is 9.41 Å². The standard InChI is InChI=1S/C22H18Cl2FN3O4S/c23-16-7-9-18(10-8-16)33(31,32)28(13-19-20(24)5-2-6-21(19)25)14-22(30)27-26-12-15-3-1-4-17(29)11-15/h1-12,29H,13-14H2,(H,27,30)/b26-12-. The molecule has 0 saturated carbocycles. The first-order valence-electron chi connectivity index (χ1n) is 9.46. The fourth-order valence-electron chi connectivity index (χ4n) is 2.82. The average Bonchev–Trinajstić information content (AvgIpc) is 2.76. The molecule has 0 aliphatic carbocycles. The van der Waals surface area contributed by atoms with Crippen molar-refractivity contribution in [2.45, 2.75) is 11.4 Å². The SMILES string of the molecule is O=C(CN(Cc1c(F)cccc1Cl)S(=O)(=O)c1ccc(Cl)cc1)N/N=C\c1cccc(O)c1. The highest BCUT2D eigenvalue weighted by Crippen LogP contribution is 2.25. The summed E-state index contributed by atoms with van der Waals surface area (Å²) in [5, 5.41) is 13.6. The van der Waals surface area contributed by atoms with E-state index in [0.29, 0.717) is 10.6 Å². The number of carbonyl (C=O) groups is 1. The highest BCUT2D eigenvalue weighted by atomic mass is 35.5. The van der Waals surface area contributed by atoms with Crippen molar-refractivity contribution in [1.29, 1.82) is 0 Å². The van der Waals surface area contributed by atoms with E-state index in [1.54, 1.807) is 12.1 Å². The van der Waals surface area contributed by atoms with E-state index in [0.717, 1.165) is 10.4 Å².